The Morgan fingerprint density at radius 1 is 1.26 bits per heavy atom. The number of fused-ring (bicyclic) bond motifs is 1. The van der Waals surface area contributed by atoms with Gasteiger partial charge in [0.15, 0.2) is 0 Å². The molecule has 2 aliphatic carbocycles. The minimum atomic E-state index is -1.05. The number of hydrogen-bond acceptors (Lipinski definition) is 4. The van der Waals surface area contributed by atoms with Crippen molar-refractivity contribution < 1.29 is 20.1 Å². The van der Waals surface area contributed by atoms with Gasteiger partial charge in [-0.1, -0.05) is 6.92 Å². The molecule has 4 heteroatoms. The number of hydrogen-bond donors (Lipinski definition) is 3. The van der Waals surface area contributed by atoms with Gasteiger partial charge in [-0.25, -0.2) is 0 Å². The van der Waals surface area contributed by atoms with Gasteiger partial charge in [0.05, 0.1) is 17.3 Å². The summed E-state index contributed by atoms with van der Waals surface area (Å²) >= 11 is 0. The molecule has 19 heavy (non-hydrogen) atoms. The van der Waals surface area contributed by atoms with E-state index in [0.717, 1.165) is 0 Å². The van der Waals surface area contributed by atoms with Crippen molar-refractivity contribution in [1.82, 2.24) is 0 Å². The highest BCUT2D eigenvalue weighted by Crippen LogP contribution is 2.55. The van der Waals surface area contributed by atoms with Crippen molar-refractivity contribution in [3.63, 3.8) is 0 Å². The van der Waals surface area contributed by atoms with Crippen molar-refractivity contribution in [1.29, 1.82) is 0 Å². The summed E-state index contributed by atoms with van der Waals surface area (Å²) in [5.74, 6) is -0.661. The van der Waals surface area contributed by atoms with Crippen molar-refractivity contribution in [3.05, 3.63) is 0 Å². The van der Waals surface area contributed by atoms with Crippen molar-refractivity contribution in [2.24, 2.45) is 17.3 Å². The second-order valence-electron chi connectivity index (χ2n) is 7.46. The van der Waals surface area contributed by atoms with E-state index in [0.29, 0.717) is 25.7 Å². The topological polar surface area (TPSA) is 77.8 Å². The number of aliphatic hydroxyl groups excluding tert-OH is 1. The van der Waals surface area contributed by atoms with Gasteiger partial charge in [-0.15, -0.1) is 0 Å². The highest BCUT2D eigenvalue weighted by Gasteiger charge is 2.60. The average Bonchev–Trinajstić information content (AvgIpc) is 2.22. The summed E-state index contributed by atoms with van der Waals surface area (Å²) in [6, 6.07) is 0. The average molecular weight is 270 g/mol. The molecule has 110 valence electrons. The number of Topliss-reactive ketones (excluding diaryl/α,β-unsaturated/α-hetero) is 1. The van der Waals surface area contributed by atoms with E-state index in [9.17, 15) is 20.1 Å². The zero-order valence-electron chi connectivity index (χ0n) is 12.3. The molecule has 2 rings (SSSR count). The lowest BCUT2D eigenvalue weighted by atomic mass is 9.50. The van der Waals surface area contributed by atoms with E-state index in [1.807, 2.05) is 6.92 Å². The van der Waals surface area contributed by atoms with Gasteiger partial charge in [0.25, 0.3) is 0 Å². The molecule has 0 amide bonds. The first kappa shape index (κ1) is 14.9. The molecule has 0 bridgehead atoms. The lowest BCUT2D eigenvalue weighted by molar-refractivity contribution is -0.202. The van der Waals surface area contributed by atoms with Crippen LogP contribution >= 0.6 is 0 Å². The second-order valence-corrected chi connectivity index (χ2v) is 7.46. The predicted octanol–water partition coefficient (Wildman–Crippen LogP) is 1.26. The zero-order chi connectivity index (χ0) is 14.6. The van der Waals surface area contributed by atoms with Gasteiger partial charge < -0.3 is 15.3 Å². The van der Waals surface area contributed by atoms with E-state index >= 15 is 0 Å². The monoisotopic (exact) mass is 270 g/mol. The summed E-state index contributed by atoms with van der Waals surface area (Å²) < 4.78 is 0. The minimum Gasteiger partial charge on any atom is -0.392 e. The fraction of sp³-hybridized carbons (Fsp3) is 0.933. The van der Waals surface area contributed by atoms with Crippen molar-refractivity contribution in [3.8, 4) is 0 Å². The molecule has 0 aromatic rings. The zero-order valence-corrected chi connectivity index (χ0v) is 12.3. The van der Waals surface area contributed by atoms with Crippen LogP contribution in [0.25, 0.3) is 0 Å². The minimum absolute atomic E-state index is 0.136. The van der Waals surface area contributed by atoms with Gasteiger partial charge in [-0.3, -0.25) is 4.79 Å². The molecule has 0 spiro atoms. The fourth-order valence-electron chi connectivity index (χ4n) is 4.34. The number of ketones is 1. The van der Waals surface area contributed by atoms with Crippen LogP contribution in [0, 0.1) is 17.3 Å². The molecule has 0 aliphatic heterocycles. The fourth-order valence-corrected chi connectivity index (χ4v) is 4.34. The second kappa shape index (κ2) is 4.27. The maximum Gasteiger partial charge on any atom is 0.139 e. The summed E-state index contributed by atoms with van der Waals surface area (Å²) in [6.07, 6.45) is 1.15. The Morgan fingerprint density at radius 2 is 1.84 bits per heavy atom. The third-order valence-electron chi connectivity index (χ3n) is 5.49. The molecule has 2 fully saturated rings. The molecular formula is C15H26O4. The van der Waals surface area contributed by atoms with Crippen LogP contribution in [0.4, 0.5) is 0 Å². The summed E-state index contributed by atoms with van der Waals surface area (Å²) in [5.41, 5.74) is -2.72. The SMILES string of the molecule is CC(C)(O)[C@@H]1CC[C@@]2(C)C(=O)CC[C@](C)(O)[C@@H]2[C@@H]1O. The lowest BCUT2D eigenvalue weighted by Gasteiger charge is -2.56. The molecule has 0 radical (unpaired) electrons. The first-order valence-corrected chi connectivity index (χ1v) is 7.16. The van der Waals surface area contributed by atoms with Gasteiger partial charge in [0, 0.05) is 23.7 Å². The smallest absolute Gasteiger partial charge is 0.139 e. The van der Waals surface area contributed by atoms with E-state index in [2.05, 4.69) is 0 Å². The van der Waals surface area contributed by atoms with E-state index < -0.39 is 28.6 Å². The molecule has 0 aromatic heterocycles. The Bertz CT molecular complexity index is 382. The van der Waals surface area contributed by atoms with Crippen LogP contribution < -0.4 is 0 Å². The van der Waals surface area contributed by atoms with Crippen molar-refractivity contribution in [2.45, 2.75) is 70.7 Å². The van der Waals surface area contributed by atoms with Crippen LogP contribution in [-0.2, 0) is 4.79 Å². The third-order valence-corrected chi connectivity index (χ3v) is 5.49. The summed E-state index contributed by atoms with van der Waals surface area (Å²) in [7, 11) is 0. The summed E-state index contributed by atoms with van der Waals surface area (Å²) in [5, 5.41) is 31.5. The standard InChI is InChI=1S/C15H26O4/c1-13(2,18)9-5-7-14(3)10(16)6-8-15(4,19)12(14)11(9)17/h9,11-12,17-19H,5-8H2,1-4H3/t9-,11-,12-,14+,15+/m1/s1. The largest absolute Gasteiger partial charge is 0.392 e. The molecule has 0 unspecified atom stereocenters. The van der Waals surface area contributed by atoms with Gasteiger partial charge in [0.1, 0.15) is 5.78 Å². The Morgan fingerprint density at radius 3 is 2.37 bits per heavy atom. The number of rotatable bonds is 1. The first-order chi connectivity index (χ1) is 8.50. The van der Waals surface area contributed by atoms with Crippen LogP contribution in [-0.4, -0.2) is 38.4 Å². The third kappa shape index (κ3) is 2.24. The molecular weight excluding hydrogens is 244 g/mol. The van der Waals surface area contributed by atoms with Gasteiger partial charge in [0.2, 0.25) is 0 Å². The van der Waals surface area contributed by atoms with Crippen molar-refractivity contribution in [2.75, 3.05) is 0 Å². The maximum atomic E-state index is 12.3. The molecule has 0 aromatic carbocycles. The highest BCUT2D eigenvalue weighted by molar-refractivity contribution is 5.86. The molecule has 0 heterocycles. The molecule has 2 aliphatic rings. The Labute approximate surface area is 114 Å². The Hall–Kier alpha value is -0.450. The lowest BCUT2D eigenvalue weighted by Crippen LogP contribution is -2.63. The highest BCUT2D eigenvalue weighted by atomic mass is 16.3. The van der Waals surface area contributed by atoms with E-state index in [4.69, 9.17) is 0 Å². The normalized spacial score (nSPS) is 47.9. The molecule has 0 saturated heterocycles. The Kier molecular flexibility index (Phi) is 3.36. The Balaban J connectivity index is 2.40. The number of aliphatic hydroxyl groups is 3. The molecule has 3 N–H and O–H groups in total. The van der Waals surface area contributed by atoms with Crippen LogP contribution in [0.15, 0.2) is 0 Å². The van der Waals surface area contributed by atoms with Crippen LogP contribution in [0.3, 0.4) is 0 Å². The molecule has 5 atom stereocenters. The van der Waals surface area contributed by atoms with Gasteiger partial charge >= 0.3 is 0 Å². The van der Waals surface area contributed by atoms with Gasteiger partial charge in [-0.2, -0.15) is 0 Å². The van der Waals surface area contributed by atoms with Crippen LogP contribution in [0.2, 0.25) is 0 Å². The molecule has 2 saturated carbocycles. The number of carbonyl (C=O) groups excluding carboxylic acids is 1. The number of carbonyl (C=O) groups is 1. The summed E-state index contributed by atoms with van der Waals surface area (Å²) in [4.78, 5) is 12.3. The van der Waals surface area contributed by atoms with Crippen molar-refractivity contribution >= 4 is 5.78 Å². The maximum absolute atomic E-state index is 12.3. The van der Waals surface area contributed by atoms with E-state index in [1.165, 1.54) is 0 Å². The van der Waals surface area contributed by atoms with Crippen LogP contribution in [0.5, 0.6) is 0 Å². The quantitative estimate of drug-likeness (QED) is 0.670. The van der Waals surface area contributed by atoms with Crippen LogP contribution in [0.1, 0.15) is 53.4 Å². The molecule has 4 nitrogen and oxygen atoms in total. The predicted molar refractivity (Wildman–Crippen MR) is 71.5 cm³/mol. The van der Waals surface area contributed by atoms with E-state index in [1.54, 1.807) is 20.8 Å². The van der Waals surface area contributed by atoms with E-state index in [-0.39, 0.29) is 11.7 Å². The van der Waals surface area contributed by atoms with Gasteiger partial charge in [-0.05, 0) is 40.0 Å². The summed E-state index contributed by atoms with van der Waals surface area (Å²) in [6.45, 7) is 6.93. The first-order valence-electron chi connectivity index (χ1n) is 7.16.